The second kappa shape index (κ2) is 9.13. The molecule has 0 rings (SSSR count). The maximum Gasteiger partial charge on any atom is 0.242 e. The van der Waals surface area contributed by atoms with Crippen LogP contribution in [0.1, 0.15) is 12.8 Å². The maximum atomic E-state index is 11.6. The lowest BCUT2D eigenvalue weighted by atomic mass is 10.3. The van der Waals surface area contributed by atoms with Gasteiger partial charge in [-0.05, 0) is 0 Å². The fourth-order valence-electron chi connectivity index (χ4n) is 1.09. The molecule has 0 heterocycles. The molecule has 0 aliphatic rings. The van der Waals surface area contributed by atoms with Gasteiger partial charge in [0.2, 0.25) is 11.8 Å². The summed E-state index contributed by atoms with van der Waals surface area (Å²) in [6.45, 7) is 0.182. The smallest absolute Gasteiger partial charge is 0.242 e. The standard InChI is InChI=1S/C10H15N5O2/c11-3-1-5-15(6-2-4-12)10(17)8-14-9(16)7-13/h1-2,5-8,13H2,(H,14,16). The van der Waals surface area contributed by atoms with Crippen molar-refractivity contribution in [1.29, 1.82) is 10.5 Å². The van der Waals surface area contributed by atoms with Crippen molar-refractivity contribution < 1.29 is 9.59 Å². The molecule has 0 saturated heterocycles. The number of hydrogen-bond acceptors (Lipinski definition) is 5. The Hall–Kier alpha value is -2.12. The molecule has 2 amide bonds. The minimum absolute atomic E-state index is 0.160. The second-order valence-electron chi connectivity index (χ2n) is 3.18. The van der Waals surface area contributed by atoms with Crippen molar-refractivity contribution in [1.82, 2.24) is 10.2 Å². The Bertz CT molecular complexity index is 324. The summed E-state index contributed by atoms with van der Waals surface area (Å²) in [5, 5.41) is 19.2. The predicted octanol–water partition coefficient (Wildman–Crippen LogP) is -1.28. The molecule has 0 fully saturated rings. The van der Waals surface area contributed by atoms with Crippen LogP contribution >= 0.6 is 0 Å². The predicted molar refractivity (Wildman–Crippen MR) is 59.1 cm³/mol. The first kappa shape index (κ1) is 14.9. The third-order valence-corrected chi connectivity index (χ3v) is 1.96. The third kappa shape index (κ3) is 6.88. The summed E-state index contributed by atoms with van der Waals surface area (Å²) < 4.78 is 0. The molecule has 0 aromatic rings. The average Bonchev–Trinajstić information content (AvgIpc) is 2.35. The van der Waals surface area contributed by atoms with E-state index in [0.29, 0.717) is 0 Å². The highest BCUT2D eigenvalue weighted by Crippen LogP contribution is 1.94. The molecule has 0 aromatic carbocycles. The first-order valence-electron chi connectivity index (χ1n) is 5.14. The van der Waals surface area contributed by atoms with Gasteiger partial charge >= 0.3 is 0 Å². The van der Waals surface area contributed by atoms with Gasteiger partial charge < -0.3 is 16.0 Å². The van der Waals surface area contributed by atoms with Gasteiger partial charge in [-0.25, -0.2) is 0 Å². The fourth-order valence-corrected chi connectivity index (χ4v) is 1.09. The van der Waals surface area contributed by atoms with Crippen LogP contribution in [-0.4, -0.2) is 42.9 Å². The summed E-state index contributed by atoms with van der Waals surface area (Å²) in [5.41, 5.74) is 5.07. The van der Waals surface area contributed by atoms with Crippen LogP contribution in [0.15, 0.2) is 0 Å². The molecule has 3 N–H and O–H groups in total. The lowest BCUT2D eigenvalue weighted by Crippen LogP contribution is -2.42. The van der Waals surface area contributed by atoms with Gasteiger partial charge in [-0.1, -0.05) is 0 Å². The van der Waals surface area contributed by atoms with Crippen molar-refractivity contribution in [2.75, 3.05) is 26.2 Å². The lowest BCUT2D eigenvalue weighted by molar-refractivity contribution is -0.132. The summed E-state index contributed by atoms with van der Waals surface area (Å²) in [4.78, 5) is 23.9. The van der Waals surface area contributed by atoms with Gasteiger partial charge in [0, 0.05) is 13.1 Å². The van der Waals surface area contributed by atoms with Gasteiger partial charge in [0.15, 0.2) is 0 Å². The van der Waals surface area contributed by atoms with Crippen LogP contribution < -0.4 is 11.1 Å². The molecule has 0 aliphatic carbocycles. The van der Waals surface area contributed by atoms with Crippen molar-refractivity contribution >= 4 is 11.8 Å². The number of nitriles is 2. The Morgan fingerprint density at radius 2 is 1.71 bits per heavy atom. The van der Waals surface area contributed by atoms with Gasteiger partial charge in [0.25, 0.3) is 0 Å². The minimum Gasteiger partial charge on any atom is -0.346 e. The summed E-state index contributed by atoms with van der Waals surface area (Å²) in [6, 6.07) is 3.84. The Morgan fingerprint density at radius 1 is 1.18 bits per heavy atom. The van der Waals surface area contributed by atoms with E-state index in [0.717, 1.165) is 0 Å². The van der Waals surface area contributed by atoms with Crippen LogP contribution in [0.5, 0.6) is 0 Å². The SMILES string of the molecule is N#CCCN(CCC#N)C(=O)CNC(=O)CN. The highest BCUT2D eigenvalue weighted by Gasteiger charge is 2.13. The van der Waals surface area contributed by atoms with E-state index >= 15 is 0 Å². The van der Waals surface area contributed by atoms with Crippen molar-refractivity contribution in [3.8, 4) is 12.1 Å². The molecular formula is C10H15N5O2. The zero-order chi connectivity index (χ0) is 13.1. The number of carbonyl (C=O) groups is 2. The number of nitrogens with zero attached hydrogens (tertiary/aromatic N) is 3. The van der Waals surface area contributed by atoms with Gasteiger partial charge in [-0.3, -0.25) is 9.59 Å². The van der Waals surface area contributed by atoms with Crippen LogP contribution in [0.25, 0.3) is 0 Å². The molecule has 7 heteroatoms. The van der Waals surface area contributed by atoms with Crippen LogP contribution in [0, 0.1) is 22.7 Å². The van der Waals surface area contributed by atoms with Crippen molar-refractivity contribution in [3.63, 3.8) is 0 Å². The monoisotopic (exact) mass is 237 g/mol. The van der Waals surface area contributed by atoms with Crippen LogP contribution in [0.4, 0.5) is 0 Å². The number of nitrogens with two attached hydrogens (primary N) is 1. The largest absolute Gasteiger partial charge is 0.346 e. The summed E-state index contributed by atoms with van der Waals surface area (Å²) in [5.74, 6) is -0.740. The highest BCUT2D eigenvalue weighted by molar-refractivity contribution is 5.85. The molecule has 0 spiro atoms. The average molecular weight is 237 g/mol. The Labute approximate surface area is 99.8 Å². The van der Waals surface area contributed by atoms with Gasteiger partial charge in [0.05, 0.1) is 38.1 Å². The van der Waals surface area contributed by atoms with Crippen molar-refractivity contribution in [3.05, 3.63) is 0 Å². The number of amides is 2. The maximum absolute atomic E-state index is 11.6. The molecular weight excluding hydrogens is 222 g/mol. The fraction of sp³-hybridized carbons (Fsp3) is 0.600. The minimum atomic E-state index is -0.418. The highest BCUT2D eigenvalue weighted by atomic mass is 16.2. The van der Waals surface area contributed by atoms with E-state index in [-0.39, 0.29) is 44.9 Å². The van der Waals surface area contributed by atoms with E-state index in [1.54, 1.807) is 0 Å². The number of rotatable bonds is 7. The second-order valence-corrected chi connectivity index (χ2v) is 3.18. The Balaban J connectivity index is 4.17. The lowest BCUT2D eigenvalue weighted by Gasteiger charge is -2.20. The van der Waals surface area contributed by atoms with Crippen molar-refractivity contribution in [2.24, 2.45) is 5.73 Å². The van der Waals surface area contributed by atoms with Gasteiger partial charge in [0.1, 0.15) is 0 Å². The van der Waals surface area contributed by atoms with Crippen LogP contribution in [0.2, 0.25) is 0 Å². The number of nitrogens with one attached hydrogen (secondary N) is 1. The summed E-state index contributed by atoms with van der Waals surface area (Å²) in [7, 11) is 0. The Kier molecular flexibility index (Phi) is 7.99. The first-order chi connectivity index (χ1) is 8.15. The zero-order valence-electron chi connectivity index (χ0n) is 9.48. The summed E-state index contributed by atoms with van der Waals surface area (Å²) in [6.07, 6.45) is 0.393. The molecule has 92 valence electrons. The van der Waals surface area contributed by atoms with Crippen LogP contribution in [-0.2, 0) is 9.59 Å². The van der Waals surface area contributed by atoms with Gasteiger partial charge in [-0.15, -0.1) is 0 Å². The molecule has 0 unspecified atom stereocenters. The van der Waals surface area contributed by atoms with Crippen molar-refractivity contribution in [2.45, 2.75) is 12.8 Å². The van der Waals surface area contributed by atoms with E-state index in [1.165, 1.54) is 4.90 Å². The van der Waals surface area contributed by atoms with Crippen LogP contribution in [0.3, 0.4) is 0 Å². The molecule has 0 atom stereocenters. The quantitative estimate of drug-likeness (QED) is 0.570. The number of carbonyl (C=O) groups excluding carboxylic acids is 2. The topological polar surface area (TPSA) is 123 Å². The van der Waals surface area contributed by atoms with E-state index < -0.39 is 5.91 Å². The van der Waals surface area contributed by atoms with E-state index in [2.05, 4.69) is 5.32 Å². The zero-order valence-corrected chi connectivity index (χ0v) is 9.48. The molecule has 0 aliphatic heterocycles. The number of hydrogen-bond donors (Lipinski definition) is 2. The molecule has 17 heavy (non-hydrogen) atoms. The third-order valence-electron chi connectivity index (χ3n) is 1.96. The molecule has 0 bridgehead atoms. The molecule has 7 nitrogen and oxygen atoms in total. The van der Waals surface area contributed by atoms with E-state index in [4.69, 9.17) is 16.3 Å². The molecule has 0 saturated carbocycles. The first-order valence-corrected chi connectivity index (χ1v) is 5.14. The molecule has 0 aromatic heterocycles. The Morgan fingerprint density at radius 3 is 2.12 bits per heavy atom. The van der Waals surface area contributed by atoms with E-state index in [9.17, 15) is 9.59 Å². The molecule has 0 radical (unpaired) electrons. The normalized spacial score (nSPS) is 8.88. The summed E-state index contributed by atoms with van der Waals surface area (Å²) >= 11 is 0. The van der Waals surface area contributed by atoms with E-state index in [1.807, 2.05) is 12.1 Å². The van der Waals surface area contributed by atoms with Gasteiger partial charge in [-0.2, -0.15) is 10.5 Å².